The van der Waals surface area contributed by atoms with Crippen LogP contribution in [0.2, 0.25) is 0 Å². The molecule has 2 unspecified atom stereocenters. The predicted octanol–water partition coefficient (Wildman–Crippen LogP) is 2.48. The summed E-state index contributed by atoms with van der Waals surface area (Å²) in [5, 5.41) is 3.38. The Morgan fingerprint density at radius 1 is 1.33 bits per heavy atom. The lowest BCUT2D eigenvalue weighted by Gasteiger charge is -2.36. The Balaban J connectivity index is 1.45. The lowest BCUT2D eigenvalue weighted by atomic mass is 9.93. The summed E-state index contributed by atoms with van der Waals surface area (Å²) in [5.41, 5.74) is 0.185. The van der Waals surface area contributed by atoms with Crippen LogP contribution in [0.5, 0.6) is 0 Å². The van der Waals surface area contributed by atoms with Crippen LogP contribution in [0.15, 0.2) is 30.3 Å². The van der Waals surface area contributed by atoms with Gasteiger partial charge in [-0.15, -0.1) is 0 Å². The molecule has 3 nitrogen and oxygen atoms in total. The maximum atomic E-state index is 14.7. The molecule has 1 saturated heterocycles. The highest BCUT2D eigenvalue weighted by Gasteiger charge is 2.41. The van der Waals surface area contributed by atoms with Crippen LogP contribution in [0.1, 0.15) is 37.7 Å². The van der Waals surface area contributed by atoms with Crippen LogP contribution < -0.4 is 5.32 Å². The molecular weight excluding hydrogens is 267 g/mol. The minimum absolute atomic E-state index is 0.0522. The average Bonchev–Trinajstić information content (AvgIpc) is 3.26. The highest BCUT2D eigenvalue weighted by molar-refractivity contribution is 5.73. The van der Waals surface area contributed by atoms with E-state index in [1.54, 1.807) is 11.8 Å². The third-order valence-corrected chi connectivity index (χ3v) is 4.80. The summed E-state index contributed by atoms with van der Waals surface area (Å²) >= 11 is 0. The van der Waals surface area contributed by atoms with E-state index in [0.717, 1.165) is 6.42 Å². The SMILES string of the molecule is CC(=O)N1CCC(F)(CNC2CC2c2ccccc2)CC1. The summed E-state index contributed by atoms with van der Waals surface area (Å²) < 4.78 is 14.7. The van der Waals surface area contributed by atoms with Gasteiger partial charge in [0.1, 0.15) is 5.67 Å². The maximum Gasteiger partial charge on any atom is 0.219 e. The summed E-state index contributed by atoms with van der Waals surface area (Å²) in [4.78, 5) is 13.0. The van der Waals surface area contributed by atoms with Crippen LogP contribution in [0.3, 0.4) is 0 Å². The number of alkyl halides is 1. The number of nitrogens with zero attached hydrogens (tertiary/aromatic N) is 1. The molecule has 0 spiro atoms. The molecule has 4 heteroatoms. The normalized spacial score (nSPS) is 27.4. The lowest BCUT2D eigenvalue weighted by molar-refractivity contribution is -0.131. The van der Waals surface area contributed by atoms with Gasteiger partial charge in [-0.25, -0.2) is 4.39 Å². The second-order valence-corrected chi connectivity index (χ2v) is 6.40. The van der Waals surface area contributed by atoms with Crippen LogP contribution in [-0.2, 0) is 4.79 Å². The van der Waals surface area contributed by atoms with E-state index in [2.05, 4.69) is 29.6 Å². The Morgan fingerprint density at radius 3 is 2.62 bits per heavy atom. The largest absolute Gasteiger partial charge is 0.343 e. The molecule has 3 rings (SSSR count). The molecule has 114 valence electrons. The van der Waals surface area contributed by atoms with E-state index in [-0.39, 0.29) is 5.91 Å². The van der Waals surface area contributed by atoms with Gasteiger partial charge in [-0.05, 0) is 12.0 Å². The Hall–Kier alpha value is -1.42. The fourth-order valence-corrected chi connectivity index (χ4v) is 3.20. The van der Waals surface area contributed by atoms with E-state index in [1.165, 1.54) is 5.56 Å². The molecule has 0 bridgehead atoms. The van der Waals surface area contributed by atoms with Gasteiger partial charge < -0.3 is 10.2 Å². The van der Waals surface area contributed by atoms with Crippen molar-refractivity contribution < 1.29 is 9.18 Å². The van der Waals surface area contributed by atoms with Crippen molar-refractivity contribution in [3.05, 3.63) is 35.9 Å². The monoisotopic (exact) mass is 290 g/mol. The number of benzene rings is 1. The van der Waals surface area contributed by atoms with Gasteiger partial charge in [-0.1, -0.05) is 30.3 Å². The Kier molecular flexibility index (Phi) is 3.98. The minimum atomic E-state index is -1.16. The first-order valence-electron chi connectivity index (χ1n) is 7.80. The van der Waals surface area contributed by atoms with Gasteiger partial charge in [0.15, 0.2) is 0 Å². The Morgan fingerprint density at radius 2 is 2.00 bits per heavy atom. The molecule has 1 aliphatic carbocycles. The van der Waals surface area contributed by atoms with Crippen LogP contribution >= 0.6 is 0 Å². The van der Waals surface area contributed by atoms with Gasteiger partial charge in [0.2, 0.25) is 5.91 Å². The van der Waals surface area contributed by atoms with Gasteiger partial charge in [-0.2, -0.15) is 0 Å². The van der Waals surface area contributed by atoms with Crippen molar-refractivity contribution in [2.24, 2.45) is 0 Å². The predicted molar refractivity (Wildman–Crippen MR) is 80.9 cm³/mol. The highest BCUT2D eigenvalue weighted by Crippen LogP contribution is 2.41. The zero-order valence-corrected chi connectivity index (χ0v) is 12.5. The molecule has 21 heavy (non-hydrogen) atoms. The van der Waals surface area contributed by atoms with Crippen LogP contribution in [-0.4, -0.2) is 42.2 Å². The maximum absolute atomic E-state index is 14.7. The van der Waals surface area contributed by atoms with Crippen LogP contribution in [0, 0.1) is 0 Å². The molecule has 1 aromatic carbocycles. The van der Waals surface area contributed by atoms with Crippen molar-refractivity contribution in [3.8, 4) is 0 Å². The first-order valence-corrected chi connectivity index (χ1v) is 7.80. The lowest BCUT2D eigenvalue weighted by Crippen LogP contribution is -2.48. The second-order valence-electron chi connectivity index (χ2n) is 6.40. The van der Waals surface area contributed by atoms with Crippen molar-refractivity contribution >= 4 is 5.91 Å². The molecule has 0 radical (unpaired) electrons. The number of carbonyl (C=O) groups excluding carboxylic acids is 1. The fraction of sp³-hybridized carbons (Fsp3) is 0.588. The van der Waals surface area contributed by atoms with Gasteiger partial charge in [-0.3, -0.25) is 4.79 Å². The minimum Gasteiger partial charge on any atom is -0.343 e. The third-order valence-electron chi connectivity index (χ3n) is 4.80. The number of hydrogen-bond donors (Lipinski definition) is 1. The molecular formula is C17H23FN2O. The number of piperidine rings is 1. The smallest absolute Gasteiger partial charge is 0.219 e. The molecule has 1 amide bonds. The summed E-state index contributed by atoms with van der Waals surface area (Å²) in [6.07, 6.45) is 1.99. The standard InChI is InChI=1S/C17H23FN2O/c1-13(21)20-9-7-17(18,8-10-20)12-19-16-11-15(16)14-5-3-2-4-6-14/h2-6,15-16,19H,7-12H2,1H3. The summed E-state index contributed by atoms with van der Waals surface area (Å²) in [7, 11) is 0. The van der Waals surface area contributed by atoms with Crippen molar-refractivity contribution in [1.29, 1.82) is 0 Å². The quantitative estimate of drug-likeness (QED) is 0.924. The van der Waals surface area contributed by atoms with E-state index < -0.39 is 5.67 Å². The molecule has 1 saturated carbocycles. The number of rotatable bonds is 4. The van der Waals surface area contributed by atoms with E-state index >= 15 is 0 Å². The van der Waals surface area contributed by atoms with Gasteiger partial charge in [0.05, 0.1) is 0 Å². The topological polar surface area (TPSA) is 32.3 Å². The Bertz CT molecular complexity index is 497. The second kappa shape index (κ2) is 5.76. The number of hydrogen-bond acceptors (Lipinski definition) is 2. The van der Waals surface area contributed by atoms with Crippen molar-refractivity contribution in [3.63, 3.8) is 0 Å². The molecule has 1 aromatic rings. The summed E-state index contributed by atoms with van der Waals surface area (Å²) in [6, 6.07) is 10.8. The number of amides is 1. The molecule has 1 aliphatic heterocycles. The third kappa shape index (κ3) is 3.43. The van der Waals surface area contributed by atoms with Crippen molar-refractivity contribution in [2.75, 3.05) is 19.6 Å². The number of carbonyl (C=O) groups is 1. The molecule has 1 N–H and O–H groups in total. The fourth-order valence-electron chi connectivity index (χ4n) is 3.20. The molecule has 1 heterocycles. The molecule has 2 fully saturated rings. The average molecular weight is 290 g/mol. The van der Waals surface area contributed by atoms with E-state index in [1.807, 2.05) is 6.07 Å². The first-order chi connectivity index (χ1) is 10.1. The Labute approximate surface area is 125 Å². The first kappa shape index (κ1) is 14.5. The number of halogens is 1. The van der Waals surface area contributed by atoms with Gasteiger partial charge >= 0.3 is 0 Å². The molecule has 2 aliphatic rings. The number of nitrogens with one attached hydrogen (secondary N) is 1. The highest BCUT2D eigenvalue weighted by atomic mass is 19.1. The number of likely N-dealkylation sites (tertiary alicyclic amines) is 1. The zero-order chi connectivity index (χ0) is 14.9. The van der Waals surface area contributed by atoms with Crippen LogP contribution in [0.25, 0.3) is 0 Å². The van der Waals surface area contributed by atoms with E-state index in [4.69, 9.17) is 0 Å². The van der Waals surface area contributed by atoms with Crippen LogP contribution in [0.4, 0.5) is 4.39 Å². The molecule has 0 aromatic heterocycles. The zero-order valence-electron chi connectivity index (χ0n) is 12.5. The summed E-state index contributed by atoms with van der Waals surface area (Å²) in [6.45, 7) is 3.05. The van der Waals surface area contributed by atoms with Gasteiger partial charge in [0.25, 0.3) is 0 Å². The van der Waals surface area contributed by atoms with Crippen molar-refractivity contribution in [2.45, 2.75) is 43.8 Å². The summed E-state index contributed by atoms with van der Waals surface area (Å²) in [5.74, 6) is 0.587. The van der Waals surface area contributed by atoms with E-state index in [9.17, 15) is 9.18 Å². The van der Waals surface area contributed by atoms with Gasteiger partial charge in [0, 0.05) is 51.4 Å². The molecule has 2 atom stereocenters. The van der Waals surface area contributed by atoms with E-state index in [0.29, 0.717) is 44.4 Å². The van der Waals surface area contributed by atoms with Crippen molar-refractivity contribution in [1.82, 2.24) is 10.2 Å².